The number of rotatable bonds is 3. The summed E-state index contributed by atoms with van der Waals surface area (Å²) in [5.74, 6) is 0.388. The predicted octanol–water partition coefficient (Wildman–Crippen LogP) is 1.36. The van der Waals surface area contributed by atoms with Crippen LogP contribution in [0.5, 0.6) is 0 Å². The Bertz CT molecular complexity index is 620. The molecule has 1 aromatic carbocycles. The number of amides is 1. The van der Waals surface area contributed by atoms with E-state index in [1.54, 1.807) is 11.9 Å². The molecule has 2 fully saturated rings. The third-order valence-electron chi connectivity index (χ3n) is 4.56. The fourth-order valence-corrected chi connectivity index (χ4v) is 4.87. The monoisotopic (exact) mass is 293 g/mol. The van der Waals surface area contributed by atoms with Gasteiger partial charge in [0.05, 0.1) is 16.9 Å². The zero-order chi connectivity index (χ0) is 14.4. The zero-order valence-corrected chi connectivity index (χ0v) is 12.4. The molecular formula is C15H19NO3S. The summed E-state index contributed by atoms with van der Waals surface area (Å²) in [6.07, 6.45) is 2.29. The Kier molecular flexibility index (Phi) is 3.12. The van der Waals surface area contributed by atoms with Crippen molar-refractivity contribution in [1.82, 2.24) is 4.90 Å². The topological polar surface area (TPSA) is 54.5 Å². The van der Waals surface area contributed by atoms with Crippen molar-refractivity contribution in [2.75, 3.05) is 18.6 Å². The summed E-state index contributed by atoms with van der Waals surface area (Å²) in [6, 6.07) is 9.66. The molecule has 0 radical (unpaired) electrons. The van der Waals surface area contributed by atoms with Crippen molar-refractivity contribution in [3.8, 4) is 0 Å². The molecule has 1 unspecified atom stereocenters. The number of carbonyl (C=O) groups is 1. The lowest BCUT2D eigenvalue weighted by atomic mass is 9.94. The van der Waals surface area contributed by atoms with Gasteiger partial charge in [-0.1, -0.05) is 30.3 Å². The second-order valence-electron chi connectivity index (χ2n) is 5.92. The molecule has 1 saturated carbocycles. The summed E-state index contributed by atoms with van der Waals surface area (Å²) in [7, 11) is -1.21. The van der Waals surface area contributed by atoms with Crippen molar-refractivity contribution in [3.63, 3.8) is 0 Å². The van der Waals surface area contributed by atoms with E-state index in [2.05, 4.69) is 0 Å². The predicted molar refractivity (Wildman–Crippen MR) is 77.2 cm³/mol. The Balaban J connectivity index is 1.80. The van der Waals surface area contributed by atoms with Crippen LogP contribution in [0.3, 0.4) is 0 Å². The van der Waals surface area contributed by atoms with Crippen LogP contribution in [0.4, 0.5) is 0 Å². The van der Waals surface area contributed by atoms with Gasteiger partial charge in [0.15, 0.2) is 9.84 Å². The summed E-state index contributed by atoms with van der Waals surface area (Å²) in [4.78, 5) is 14.4. The van der Waals surface area contributed by atoms with Crippen molar-refractivity contribution in [1.29, 1.82) is 0 Å². The zero-order valence-electron chi connectivity index (χ0n) is 11.6. The number of benzene rings is 1. The van der Waals surface area contributed by atoms with E-state index in [4.69, 9.17) is 0 Å². The molecule has 5 heteroatoms. The molecule has 1 aliphatic heterocycles. The Morgan fingerprint density at radius 3 is 2.40 bits per heavy atom. The average Bonchev–Trinajstić information content (AvgIpc) is 3.17. The maximum absolute atomic E-state index is 12.8. The molecule has 108 valence electrons. The summed E-state index contributed by atoms with van der Waals surface area (Å²) >= 11 is 0. The molecule has 1 saturated heterocycles. The first kappa shape index (κ1) is 13.6. The maximum atomic E-state index is 12.8. The van der Waals surface area contributed by atoms with E-state index in [9.17, 15) is 13.2 Å². The second-order valence-corrected chi connectivity index (χ2v) is 8.15. The third-order valence-corrected chi connectivity index (χ3v) is 6.31. The first-order valence-corrected chi connectivity index (χ1v) is 8.80. The van der Waals surface area contributed by atoms with Gasteiger partial charge in [-0.2, -0.15) is 0 Å². The molecule has 0 N–H and O–H groups in total. The maximum Gasteiger partial charge on any atom is 0.233 e. The van der Waals surface area contributed by atoms with Crippen LogP contribution >= 0.6 is 0 Å². The Hall–Kier alpha value is -1.36. The minimum absolute atomic E-state index is 0.0748. The molecule has 1 aromatic rings. The molecule has 2 aliphatic rings. The van der Waals surface area contributed by atoms with Crippen molar-refractivity contribution >= 4 is 15.7 Å². The average molecular weight is 293 g/mol. The lowest BCUT2D eigenvalue weighted by molar-refractivity contribution is -0.134. The molecule has 1 atom stereocenters. The number of nitrogens with zero attached hydrogens (tertiary/aromatic N) is 1. The van der Waals surface area contributed by atoms with Crippen LogP contribution in [0.2, 0.25) is 0 Å². The highest BCUT2D eigenvalue weighted by atomic mass is 32.2. The first-order valence-electron chi connectivity index (χ1n) is 6.98. The van der Waals surface area contributed by atoms with Crippen molar-refractivity contribution in [2.24, 2.45) is 0 Å². The number of hydrogen-bond acceptors (Lipinski definition) is 3. The molecular weight excluding hydrogens is 274 g/mol. The quantitative estimate of drug-likeness (QED) is 0.845. The Labute approximate surface area is 119 Å². The van der Waals surface area contributed by atoms with Crippen LogP contribution in [-0.2, 0) is 20.0 Å². The molecule has 20 heavy (non-hydrogen) atoms. The van der Waals surface area contributed by atoms with Crippen molar-refractivity contribution < 1.29 is 13.2 Å². The summed E-state index contributed by atoms with van der Waals surface area (Å²) in [5.41, 5.74) is 0.653. The van der Waals surface area contributed by atoms with Gasteiger partial charge in [-0.3, -0.25) is 4.79 Å². The molecule has 0 bridgehead atoms. The minimum Gasteiger partial charge on any atom is -0.341 e. The lowest BCUT2D eigenvalue weighted by Gasteiger charge is -2.28. The number of hydrogen-bond donors (Lipinski definition) is 0. The largest absolute Gasteiger partial charge is 0.341 e. The fourth-order valence-electron chi connectivity index (χ4n) is 3.09. The van der Waals surface area contributed by atoms with Crippen LogP contribution in [-0.4, -0.2) is 43.8 Å². The van der Waals surface area contributed by atoms with E-state index in [1.165, 1.54) is 0 Å². The summed E-state index contributed by atoms with van der Waals surface area (Å²) in [5, 5.41) is 0. The number of sulfone groups is 1. The number of carbonyl (C=O) groups excluding carboxylic acids is 1. The van der Waals surface area contributed by atoms with Gasteiger partial charge >= 0.3 is 0 Å². The van der Waals surface area contributed by atoms with Gasteiger partial charge in [0.25, 0.3) is 0 Å². The van der Waals surface area contributed by atoms with Crippen molar-refractivity contribution in [3.05, 3.63) is 35.9 Å². The second kappa shape index (κ2) is 4.58. The van der Waals surface area contributed by atoms with Crippen LogP contribution in [0.25, 0.3) is 0 Å². The molecule has 1 amide bonds. The highest BCUT2D eigenvalue weighted by Gasteiger charge is 2.53. The van der Waals surface area contributed by atoms with Gasteiger partial charge in [-0.25, -0.2) is 8.42 Å². The van der Waals surface area contributed by atoms with Crippen LogP contribution in [0, 0.1) is 0 Å². The minimum atomic E-state index is -2.96. The van der Waals surface area contributed by atoms with Gasteiger partial charge in [-0.15, -0.1) is 0 Å². The van der Waals surface area contributed by atoms with E-state index in [0.29, 0.717) is 6.42 Å². The lowest BCUT2D eigenvalue weighted by Crippen LogP contribution is -2.43. The van der Waals surface area contributed by atoms with Crippen LogP contribution in [0.15, 0.2) is 30.3 Å². The van der Waals surface area contributed by atoms with Gasteiger partial charge in [-0.05, 0) is 24.8 Å². The van der Waals surface area contributed by atoms with Gasteiger partial charge in [0.1, 0.15) is 0 Å². The normalized spacial score (nSPS) is 26.1. The van der Waals surface area contributed by atoms with E-state index in [-0.39, 0.29) is 23.5 Å². The van der Waals surface area contributed by atoms with E-state index in [0.717, 1.165) is 18.4 Å². The Morgan fingerprint density at radius 1 is 1.25 bits per heavy atom. The molecule has 3 rings (SSSR count). The van der Waals surface area contributed by atoms with Gasteiger partial charge in [0.2, 0.25) is 5.91 Å². The van der Waals surface area contributed by atoms with Gasteiger partial charge in [0, 0.05) is 13.1 Å². The Morgan fingerprint density at radius 2 is 1.90 bits per heavy atom. The fraction of sp³-hybridized carbons (Fsp3) is 0.533. The van der Waals surface area contributed by atoms with Crippen LogP contribution in [0.1, 0.15) is 24.8 Å². The van der Waals surface area contributed by atoms with E-state index >= 15 is 0 Å². The SMILES string of the molecule is CN(C(=O)C1(c2ccccc2)CC1)C1CCS(=O)(=O)C1. The summed E-state index contributed by atoms with van der Waals surface area (Å²) in [6.45, 7) is 0. The number of likely N-dealkylation sites (N-methyl/N-ethyl adjacent to an activating group) is 1. The van der Waals surface area contributed by atoms with E-state index in [1.807, 2.05) is 30.3 Å². The highest BCUT2D eigenvalue weighted by Crippen LogP contribution is 2.49. The first-order chi connectivity index (χ1) is 9.45. The standard InChI is InChI=1S/C15H19NO3S/c1-16(13-7-10-20(18,19)11-13)14(17)15(8-9-15)12-5-3-2-4-6-12/h2-6,13H,7-11H2,1H3. The molecule has 4 nitrogen and oxygen atoms in total. The molecule has 0 spiro atoms. The smallest absolute Gasteiger partial charge is 0.233 e. The van der Waals surface area contributed by atoms with Crippen molar-refractivity contribution in [2.45, 2.75) is 30.7 Å². The molecule has 1 heterocycles. The molecule has 1 aliphatic carbocycles. The van der Waals surface area contributed by atoms with E-state index < -0.39 is 15.3 Å². The van der Waals surface area contributed by atoms with Crippen LogP contribution < -0.4 is 0 Å². The van der Waals surface area contributed by atoms with Gasteiger partial charge < -0.3 is 4.90 Å². The molecule has 0 aromatic heterocycles. The third kappa shape index (κ3) is 2.24. The highest BCUT2D eigenvalue weighted by molar-refractivity contribution is 7.91. The summed E-state index contributed by atoms with van der Waals surface area (Å²) < 4.78 is 23.1.